The molecule has 1 aromatic carbocycles. The molecular weight excluding hydrogens is 294 g/mol. The fourth-order valence-corrected chi connectivity index (χ4v) is 1.77. The zero-order valence-electron chi connectivity index (χ0n) is 11.4. The summed E-state index contributed by atoms with van der Waals surface area (Å²) in [5.74, 6) is -0.178. The summed E-state index contributed by atoms with van der Waals surface area (Å²) in [6, 6.07) is 8.74. The Hall–Kier alpha value is -2.34. The molecule has 0 aliphatic carbocycles. The predicted molar refractivity (Wildman–Crippen MR) is 78.9 cm³/mol. The number of hydrogen-bond acceptors (Lipinski definition) is 4. The minimum absolute atomic E-state index is 0.163. The molecule has 7 heteroatoms. The normalized spacial score (nSPS) is 10.2. The monoisotopic (exact) mass is 307 g/mol. The molecular formula is C14H14ClN3O3. The largest absolute Gasteiger partial charge is 0.356 e. The van der Waals surface area contributed by atoms with Crippen molar-refractivity contribution in [1.82, 2.24) is 10.5 Å². The fourth-order valence-electron chi connectivity index (χ4n) is 1.64. The van der Waals surface area contributed by atoms with Crippen LogP contribution in [0.3, 0.4) is 0 Å². The van der Waals surface area contributed by atoms with Crippen LogP contribution in [0.4, 0.5) is 5.88 Å². The van der Waals surface area contributed by atoms with Gasteiger partial charge >= 0.3 is 0 Å². The Morgan fingerprint density at radius 2 is 2.00 bits per heavy atom. The minimum Gasteiger partial charge on any atom is -0.356 e. The standard InChI is InChI=1S/C14H14ClN3O3/c1-9(19)16-7-6-13(20)17-14-8-12(18-21-14)10-2-4-11(15)5-3-10/h2-5,8H,6-7H2,1H3,(H,16,19)(H,17,20). The first-order valence-corrected chi connectivity index (χ1v) is 6.69. The molecule has 2 amide bonds. The second kappa shape index (κ2) is 6.90. The van der Waals surface area contributed by atoms with Crippen LogP contribution in [0.5, 0.6) is 0 Å². The lowest BCUT2D eigenvalue weighted by molar-refractivity contribution is -0.119. The number of carbonyl (C=O) groups excluding carboxylic acids is 2. The van der Waals surface area contributed by atoms with Gasteiger partial charge in [-0.25, -0.2) is 0 Å². The van der Waals surface area contributed by atoms with Crippen LogP contribution in [0.1, 0.15) is 13.3 Å². The highest BCUT2D eigenvalue weighted by atomic mass is 35.5. The molecule has 1 aromatic heterocycles. The van der Waals surface area contributed by atoms with Gasteiger partial charge in [-0.3, -0.25) is 14.9 Å². The zero-order chi connectivity index (χ0) is 15.2. The van der Waals surface area contributed by atoms with Gasteiger partial charge in [0.25, 0.3) is 0 Å². The number of carbonyl (C=O) groups is 2. The summed E-state index contributed by atoms with van der Waals surface area (Å²) in [7, 11) is 0. The molecule has 0 atom stereocenters. The Morgan fingerprint density at radius 3 is 2.67 bits per heavy atom. The molecule has 0 radical (unpaired) electrons. The predicted octanol–water partition coefficient (Wildman–Crippen LogP) is 2.46. The third kappa shape index (κ3) is 4.61. The Morgan fingerprint density at radius 1 is 1.29 bits per heavy atom. The molecule has 0 saturated heterocycles. The van der Waals surface area contributed by atoms with E-state index in [2.05, 4.69) is 15.8 Å². The Labute approximate surface area is 126 Å². The van der Waals surface area contributed by atoms with Gasteiger partial charge in [0.15, 0.2) is 0 Å². The van der Waals surface area contributed by atoms with Crippen molar-refractivity contribution in [1.29, 1.82) is 0 Å². The van der Waals surface area contributed by atoms with Crippen molar-refractivity contribution < 1.29 is 14.1 Å². The fraction of sp³-hybridized carbons (Fsp3) is 0.214. The van der Waals surface area contributed by atoms with Gasteiger partial charge in [0.05, 0.1) is 0 Å². The van der Waals surface area contributed by atoms with E-state index in [0.717, 1.165) is 5.56 Å². The summed E-state index contributed by atoms with van der Waals surface area (Å²) in [6.45, 7) is 1.67. The zero-order valence-corrected chi connectivity index (χ0v) is 12.1. The smallest absolute Gasteiger partial charge is 0.231 e. The maximum Gasteiger partial charge on any atom is 0.231 e. The van der Waals surface area contributed by atoms with Crippen LogP contribution in [0.15, 0.2) is 34.9 Å². The minimum atomic E-state index is -0.262. The van der Waals surface area contributed by atoms with Crippen molar-refractivity contribution in [3.05, 3.63) is 35.4 Å². The van der Waals surface area contributed by atoms with Gasteiger partial charge in [-0.05, 0) is 12.1 Å². The number of benzene rings is 1. The van der Waals surface area contributed by atoms with Crippen molar-refractivity contribution in [2.24, 2.45) is 0 Å². The summed E-state index contributed by atoms with van der Waals surface area (Å²) < 4.78 is 5.05. The molecule has 2 rings (SSSR count). The second-order valence-electron chi connectivity index (χ2n) is 4.36. The molecule has 1 heterocycles. The lowest BCUT2D eigenvalue weighted by Gasteiger charge is -2.01. The van der Waals surface area contributed by atoms with Crippen molar-refractivity contribution >= 4 is 29.3 Å². The van der Waals surface area contributed by atoms with E-state index in [1.807, 2.05) is 12.1 Å². The Kier molecular flexibility index (Phi) is 4.94. The highest BCUT2D eigenvalue weighted by Crippen LogP contribution is 2.23. The topological polar surface area (TPSA) is 84.2 Å². The number of rotatable bonds is 5. The van der Waals surface area contributed by atoms with Gasteiger partial charge in [-0.15, -0.1) is 0 Å². The average Bonchev–Trinajstić information content (AvgIpc) is 2.87. The van der Waals surface area contributed by atoms with Crippen molar-refractivity contribution in [2.75, 3.05) is 11.9 Å². The third-order valence-electron chi connectivity index (χ3n) is 2.64. The van der Waals surface area contributed by atoms with Crippen molar-refractivity contribution in [3.63, 3.8) is 0 Å². The van der Waals surface area contributed by atoms with E-state index in [0.29, 0.717) is 10.7 Å². The number of anilines is 1. The van der Waals surface area contributed by atoms with E-state index in [9.17, 15) is 9.59 Å². The molecule has 0 spiro atoms. The molecule has 0 aliphatic rings. The van der Waals surface area contributed by atoms with Crippen LogP contribution in [-0.2, 0) is 9.59 Å². The number of amides is 2. The average molecular weight is 308 g/mol. The highest BCUT2D eigenvalue weighted by Gasteiger charge is 2.09. The summed E-state index contributed by atoms with van der Waals surface area (Å²) >= 11 is 5.81. The molecule has 2 aromatic rings. The number of nitrogens with one attached hydrogen (secondary N) is 2. The van der Waals surface area contributed by atoms with E-state index < -0.39 is 0 Å². The second-order valence-corrected chi connectivity index (χ2v) is 4.80. The van der Waals surface area contributed by atoms with Gasteiger partial charge < -0.3 is 9.84 Å². The van der Waals surface area contributed by atoms with Gasteiger partial charge in [0.2, 0.25) is 17.7 Å². The molecule has 110 valence electrons. The maximum absolute atomic E-state index is 11.6. The molecule has 2 N–H and O–H groups in total. The van der Waals surface area contributed by atoms with Crippen LogP contribution in [0, 0.1) is 0 Å². The molecule has 6 nitrogen and oxygen atoms in total. The van der Waals surface area contributed by atoms with Crippen molar-refractivity contribution in [3.8, 4) is 11.3 Å². The van der Waals surface area contributed by atoms with Crippen LogP contribution < -0.4 is 10.6 Å². The quantitative estimate of drug-likeness (QED) is 0.888. The summed E-state index contributed by atoms with van der Waals surface area (Å²) in [5.41, 5.74) is 1.44. The van der Waals surface area contributed by atoms with Crippen LogP contribution in [-0.4, -0.2) is 23.5 Å². The van der Waals surface area contributed by atoms with Crippen LogP contribution in [0.25, 0.3) is 11.3 Å². The molecule has 0 saturated carbocycles. The van der Waals surface area contributed by atoms with Gasteiger partial charge in [-0.1, -0.05) is 28.9 Å². The first kappa shape index (κ1) is 15.1. The summed E-state index contributed by atoms with van der Waals surface area (Å²) in [6.07, 6.45) is 0.163. The Bertz CT molecular complexity index is 637. The Balaban J connectivity index is 1.92. The molecule has 21 heavy (non-hydrogen) atoms. The molecule has 0 unspecified atom stereocenters. The number of nitrogens with zero attached hydrogens (tertiary/aromatic N) is 1. The van der Waals surface area contributed by atoms with Gasteiger partial charge in [0.1, 0.15) is 5.69 Å². The van der Waals surface area contributed by atoms with Crippen LogP contribution >= 0.6 is 11.6 Å². The van der Waals surface area contributed by atoms with E-state index in [4.69, 9.17) is 16.1 Å². The molecule has 0 fully saturated rings. The lowest BCUT2D eigenvalue weighted by Crippen LogP contribution is -2.25. The van der Waals surface area contributed by atoms with E-state index in [1.54, 1.807) is 18.2 Å². The summed E-state index contributed by atoms with van der Waals surface area (Å²) in [5, 5.41) is 9.62. The third-order valence-corrected chi connectivity index (χ3v) is 2.89. The van der Waals surface area contributed by atoms with E-state index >= 15 is 0 Å². The maximum atomic E-state index is 11.6. The van der Waals surface area contributed by atoms with E-state index in [-0.39, 0.29) is 30.7 Å². The highest BCUT2D eigenvalue weighted by molar-refractivity contribution is 6.30. The van der Waals surface area contributed by atoms with Crippen LogP contribution in [0.2, 0.25) is 5.02 Å². The van der Waals surface area contributed by atoms with E-state index in [1.165, 1.54) is 6.92 Å². The van der Waals surface area contributed by atoms with Gasteiger partial charge in [0, 0.05) is 36.5 Å². The number of halogens is 1. The van der Waals surface area contributed by atoms with Gasteiger partial charge in [-0.2, -0.15) is 0 Å². The lowest BCUT2D eigenvalue weighted by atomic mass is 10.1. The molecule has 0 aliphatic heterocycles. The summed E-state index contributed by atoms with van der Waals surface area (Å²) in [4.78, 5) is 22.3. The first-order valence-electron chi connectivity index (χ1n) is 6.31. The van der Waals surface area contributed by atoms with Crippen molar-refractivity contribution in [2.45, 2.75) is 13.3 Å². The number of aromatic nitrogens is 1. The first-order chi connectivity index (χ1) is 10.0. The SMILES string of the molecule is CC(=O)NCCC(=O)Nc1cc(-c2ccc(Cl)cc2)no1. The number of hydrogen-bond donors (Lipinski definition) is 2. The molecule has 0 bridgehead atoms.